The normalized spacial score (nSPS) is 17.4. The number of nitrogens with zero attached hydrogens (tertiary/aromatic N) is 2. The maximum atomic E-state index is 14.3. The maximum Gasteiger partial charge on any atom is 0.248 e. The monoisotopic (exact) mass is 763 g/mol. The fourth-order valence-electron chi connectivity index (χ4n) is 6.29. The largest absolute Gasteiger partial charge is 0.492 e. The highest BCUT2D eigenvalue weighted by atomic mass is 16.5. The Morgan fingerprint density at radius 1 is 0.927 bits per heavy atom. The minimum absolute atomic E-state index is 0.0272. The number of hydrogen-bond donors (Lipinski definition) is 7. The van der Waals surface area contributed by atoms with Gasteiger partial charge in [0.05, 0.1) is 6.07 Å². The molecule has 300 valence electrons. The Bertz CT molecular complexity index is 1660. The first kappa shape index (κ1) is 44.2. The second-order valence-electron chi connectivity index (χ2n) is 13.4. The van der Waals surface area contributed by atoms with Gasteiger partial charge in [0.25, 0.3) is 0 Å². The number of unbranched alkanes of at least 4 members (excludes halogenated alkanes) is 4. The van der Waals surface area contributed by atoms with E-state index >= 15 is 0 Å². The molecule has 3 rings (SSSR count). The number of nitriles is 1. The molecule has 0 saturated carbocycles. The lowest BCUT2D eigenvalue weighted by Gasteiger charge is -2.32. The molecule has 16 heteroatoms. The number of benzene rings is 2. The third-order valence-corrected chi connectivity index (χ3v) is 9.15. The lowest BCUT2D eigenvalue weighted by molar-refractivity contribution is -0.143. The van der Waals surface area contributed by atoms with Crippen LogP contribution in [0.3, 0.4) is 0 Å². The van der Waals surface area contributed by atoms with Gasteiger partial charge in [0, 0.05) is 44.1 Å². The molecule has 5 amide bonds. The average molecular weight is 764 g/mol. The van der Waals surface area contributed by atoms with Crippen LogP contribution in [0, 0.1) is 11.3 Å². The number of fused-ring (bicyclic) bond motifs is 5. The summed E-state index contributed by atoms with van der Waals surface area (Å²) in [5.74, 6) is -2.00. The SMILES string of the molecule is CCCCCCCC(=O)N[C@@H](CCN)C(=O)N(C)[C@@H]1C(=O)N[C@@H](C)C(=O)N[C@H](C(=O)NCC#N)Cc2ccc(OCCN)c(c2)-c2cc1ccc2OCCN. The molecule has 0 unspecified atom stereocenters. The first-order chi connectivity index (χ1) is 26.5. The summed E-state index contributed by atoms with van der Waals surface area (Å²) in [5, 5.41) is 19.8. The molecule has 2 aromatic carbocycles. The van der Waals surface area contributed by atoms with E-state index < -0.39 is 47.8 Å². The van der Waals surface area contributed by atoms with Crippen LogP contribution in [0.1, 0.15) is 76.0 Å². The summed E-state index contributed by atoms with van der Waals surface area (Å²) < 4.78 is 12.1. The van der Waals surface area contributed by atoms with Crippen LogP contribution in [-0.2, 0) is 30.4 Å². The van der Waals surface area contributed by atoms with Crippen molar-refractivity contribution in [3.63, 3.8) is 0 Å². The molecular weight excluding hydrogens is 706 g/mol. The van der Waals surface area contributed by atoms with E-state index in [2.05, 4.69) is 28.2 Å². The molecule has 0 spiro atoms. The number of carbonyl (C=O) groups is 5. The van der Waals surface area contributed by atoms with Crippen LogP contribution in [0.5, 0.6) is 11.5 Å². The van der Waals surface area contributed by atoms with E-state index in [1.165, 1.54) is 18.9 Å². The fraction of sp³-hybridized carbons (Fsp3) is 0.538. The molecule has 1 aliphatic rings. The zero-order valence-corrected chi connectivity index (χ0v) is 32.2. The minimum atomic E-state index is -1.31. The Labute approximate surface area is 323 Å². The minimum Gasteiger partial charge on any atom is -0.492 e. The number of rotatable bonds is 19. The van der Waals surface area contributed by atoms with E-state index in [-0.39, 0.29) is 64.6 Å². The van der Waals surface area contributed by atoms with Crippen LogP contribution in [0.15, 0.2) is 36.4 Å². The number of amides is 5. The number of ether oxygens (including phenoxy) is 2. The maximum absolute atomic E-state index is 14.3. The predicted molar refractivity (Wildman–Crippen MR) is 207 cm³/mol. The summed E-state index contributed by atoms with van der Waals surface area (Å²) in [6.45, 7) is 4.15. The third-order valence-electron chi connectivity index (χ3n) is 9.15. The lowest BCUT2D eigenvalue weighted by atomic mass is 9.93. The van der Waals surface area contributed by atoms with Gasteiger partial charge >= 0.3 is 0 Å². The van der Waals surface area contributed by atoms with Gasteiger partial charge in [-0.1, -0.05) is 44.7 Å². The van der Waals surface area contributed by atoms with Gasteiger partial charge in [-0.25, -0.2) is 0 Å². The van der Waals surface area contributed by atoms with Crippen molar-refractivity contribution in [3.05, 3.63) is 47.5 Å². The van der Waals surface area contributed by atoms with Crippen LogP contribution < -0.4 is 47.9 Å². The molecule has 1 aliphatic heterocycles. The van der Waals surface area contributed by atoms with Crippen molar-refractivity contribution in [1.82, 2.24) is 26.2 Å². The van der Waals surface area contributed by atoms with Crippen LogP contribution in [0.25, 0.3) is 11.1 Å². The molecule has 1 heterocycles. The highest BCUT2D eigenvalue weighted by Gasteiger charge is 2.36. The topological polar surface area (TPSA) is 257 Å². The molecule has 4 bridgehead atoms. The molecule has 55 heavy (non-hydrogen) atoms. The van der Waals surface area contributed by atoms with Gasteiger partial charge in [-0.15, -0.1) is 0 Å². The highest BCUT2D eigenvalue weighted by Crippen LogP contribution is 2.40. The summed E-state index contributed by atoms with van der Waals surface area (Å²) in [5.41, 5.74) is 19.5. The summed E-state index contributed by atoms with van der Waals surface area (Å²) in [4.78, 5) is 69.5. The number of hydrogen-bond acceptors (Lipinski definition) is 11. The smallest absolute Gasteiger partial charge is 0.248 e. The second kappa shape index (κ2) is 22.9. The molecular formula is C39H57N9O7. The number of nitrogens with two attached hydrogens (primary N) is 3. The number of nitrogens with one attached hydrogen (secondary N) is 4. The summed E-state index contributed by atoms with van der Waals surface area (Å²) >= 11 is 0. The van der Waals surface area contributed by atoms with Gasteiger partial charge in [-0.2, -0.15) is 5.26 Å². The van der Waals surface area contributed by atoms with Crippen LogP contribution in [0.2, 0.25) is 0 Å². The lowest BCUT2D eigenvalue weighted by Crippen LogP contribution is -2.56. The van der Waals surface area contributed by atoms with Crippen LogP contribution in [-0.4, -0.2) is 99.0 Å². The fourth-order valence-corrected chi connectivity index (χ4v) is 6.29. The Morgan fingerprint density at radius 2 is 1.58 bits per heavy atom. The van der Waals surface area contributed by atoms with Gasteiger partial charge in [0.1, 0.15) is 55.4 Å². The van der Waals surface area contributed by atoms with Gasteiger partial charge in [0.2, 0.25) is 29.5 Å². The van der Waals surface area contributed by atoms with Crippen molar-refractivity contribution >= 4 is 29.5 Å². The Balaban J connectivity index is 2.19. The zero-order chi connectivity index (χ0) is 40.3. The standard InChI is InChI=1S/C39H57N9O7/c1-4-5-6-7-8-9-34(49)46-30(14-15-40)39(53)48(3)35-27-11-13-33(55-21-18-43)29(24-27)28-22-26(10-12-32(28)54-20-17-42)23-31(37(51)44-19-16-41)47-36(50)25(2)45-38(35)52/h10-13,22,24-25,30-31,35H,4-9,14-15,17-21,23,40,42-43H2,1-3H3,(H,44,51)(H,45,52)(H,46,49)(H,47,50)/t25-,30-,31-,35-/m0/s1. The molecule has 0 aliphatic carbocycles. The van der Waals surface area contributed by atoms with Crippen molar-refractivity contribution < 1.29 is 33.4 Å². The highest BCUT2D eigenvalue weighted by molar-refractivity contribution is 5.96. The van der Waals surface area contributed by atoms with E-state index in [9.17, 15) is 24.0 Å². The van der Waals surface area contributed by atoms with E-state index in [0.29, 0.717) is 40.2 Å². The van der Waals surface area contributed by atoms with E-state index in [0.717, 1.165) is 25.7 Å². The van der Waals surface area contributed by atoms with Crippen molar-refractivity contribution in [2.45, 2.75) is 89.4 Å². The predicted octanol–water partition coefficient (Wildman–Crippen LogP) is 0.908. The molecule has 16 nitrogen and oxygen atoms in total. The zero-order valence-electron chi connectivity index (χ0n) is 32.2. The Hall–Kier alpha value is -5.24. The average Bonchev–Trinajstić information content (AvgIpc) is 3.17. The van der Waals surface area contributed by atoms with Crippen LogP contribution >= 0.6 is 0 Å². The van der Waals surface area contributed by atoms with E-state index in [1.54, 1.807) is 36.4 Å². The molecule has 2 aromatic rings. The quantitative estimate of drug-likeness (QED) is 0.0782. The van der Waals surface area contributed by atoms with Crippen molar-refractivity contribution in [1.29, 1.82) is 5.26 Å². The van der Waals surface area contributed by atoms with Gasteiger partial charge in [-0.05, 0) is 61.7 Å². The Kier molecular flexibility index (Phi) is 18.3. The summed E-state index contributed by atoms with van der Waals surface area (Å²) in [6, 6.07) is 7.50. The van der Waals surface area contributed by atoms with Crippen LogP contribution in [0.4, 0.5) is 0 Å². The van der Waals surface area contributed by atoms with Crippen molar-refractivity contribution in [3.8, 4) is 28.7 Å². The number of likely N-dealkylation sites (N-methyl/N-ethyl adjacent to an activating group) is 1. The van der Waals surface area contributed by atoms with Gasteiger partial charge < -0.3 is 52.8 Å². The summed E-state index contributed by atoms with van der Waals surface area (Å²) in [6.07, 6.45) is 5.14. The Morgan fingerprint density at radius 3 is 2.22 bits per heavy atom. The van der Waals surface area contributed by atoms with Crippen molar-refractivity contribution in [2.24, 2.45) is 17.2 Å². The van der Waals surface area contributed by atoms with Gasteiger partial charge in [0.15, 0.2) is 0 Å². The molecule has 0 radical (unpaired) electrons. The molecule has 0 saturated heterocycles. The summed E-state index contributed by atoms with van der Waals surface area (Å²) in [7, 11) is 1.45. The van der Waals surface area contributed by atoms with Crippen molar-refractivity contribution in [2.75, 3.05) is 46.4 Å². The number of carbonyl (C=O) groups excluding carboxylic acids is 5. The molecule has 10 N–H and O–H groups in total. The van der Waals surface area contributed by atoms with E-state index in [4.69, 9.17) is 31.9 Å². The van der Waals surface area contributed by atoms with E-state index in [1.807, 2.05) is 6.07 Å². The third kappa shape index (κ3) is 12.9. The first-order valence-electron chi connectivity index (χ1n) is 18.9. The first-order valence-corrected chi connectivity index (χ1v) is 18.9. The molecule has 0 aromatic heterocycles. The second-order valence-corrected chi connectivity index (χ2v) is 13.4. The molecule has 4 atom stereocenters. The molecule has 0 fully saturated rings. The van der Waals surface area contributed by atoms with Gasteiger partial charge in [-0.3, -0.25) is 24.0 Å².